The van der Waals surface area contributed by atoms with E-state index in [9.17, 15) is 9.90 Å². The van der Waals surface area contributed by atoms with Crippen molar-refractivity contribution in [2.24, 2.45) is 0 Å². The van der Waals surface area contributed by atoms with Gasteiger partial charge in [-0.25, -0.2) is 0 Å². The Hall–Kier alpha value is -1.47. The second kappa shape index (κ2) is 10.0. The molecule has 2 aliphatic heterocycles. The van der Waals surface area contributed by atoms with Crippen LogP contribution in [0.2, 0.25) is 0 Å². The molecule has 2 heterocycles. The molecule has 1 amide bonds. The van der Waals surface area contributed by atoms with Crippen LogP contribution >= 0.6 is 0 Å². The summed E-state index contributed by atoms with van der Waals surface area (Å²) in [6.45, 7) is 5.18. The number of rotatable bonds is 8. The molecule has 144 valence electrons. The summed E-state index contributed by atoms with van der Waals surface area (Å²) in [7, 11) is 0. The van der Waals surface area contributed by atoms with Crippen LogP contribution in [0.3, 0.4) is 0 Å². The van der Waals surface area contributed by atoms with Crippen molar-refractivity contribution in [2.45, 2.75) is 51.0 Å². The zero-order valence-electron chi connectivity index (χ0n) is 15.5. The van der Waals surface area contributed by atoms with E-state index in [0.717, 1.165) is 64.0 Å². The van der Waals surface area contributed by atoms with Crippen molar-refractivity contribution in [3.63, 3.8) is 0 Å². The first-order chi connectivity index (χ1) is 12.7. The Labute approximate surface area is 155 Å². The number of carbonyl (C=O) groups is 1. The predicted molar refractivity (Wildman–Crippen MR) is 101 cm³/mol. The monoisotopic (exact) mass is 361 g/mol. The molecule has 2 saturated heterocycles. The third-order valence-corrected chi connectivity index (χ3v) is 5.23. The zero-order valence-corrected chi connectivity index (χ0v) is 15.5. The normalized spacial score (nSPS) is 21.8. The van der Waals surface area contributed by atoms with Crippen molar-refractivity contribution < 1.29 is 14.6 Å². The number of ether oxygens (including phenoxy) is 1. The minimum atomic E-state index is -0.150. The molecule has 6 nitrogen and oxygen atoms in total. The van der Waals surface area contributed by atoms with Gasteiger partial charge >= 0.3 is 0 Å². The first-order valence-corrected chi connectivity index (χ1v) is 9.77. The van der Waals surface area contributed by atoms with Crippen molar-refractivity contribution in [3.8, 4) is 0 Å². The summed E-state index contributed by atoms with van der Waals surface area (Å²) in [6, 6.07) is 8.26. The van der Waals surface area contributed by atoms with E-state index in [4.69, 9.17) is 4.74 Å². The van der Waals surface area contributed by atoms with Gasteiger partial charge < -0.3 is 20.5 Å². The SMILES string of the molecule is O=C(CNC[C@@H]1CCCO1)NCc1ccccc1CN1CCC(O)CC1. The number of amides is 1. The lowest BCUT2D eigenvalue weighted by Gasteiger charge is -2.30. The van der Waals surface area contributed by atoms with Gasteiger partial charge in [0.2, 0.25) is 5.91 Å². The molecule has 0 saturated carbocycles. The van der Waals surface area contributed by atoms with E-state index in [-0.39, 0.29) is 18.1 Å². The number of aliphatic hydroxyl groups is 1. The van der Waals surface area contributed by atoms with Crippen LogP contribution in [0.5, 0.6) is 0 Å². The van der Waals surface area contributed by atoms with Gasteiger partial charge in [0.05, 0.1) is 18.8 Å². The molecule has 1 aromatic carbocycles. The zero-order chi connectivity index (χ0) is 18.2. The molecule has 26 heavy (non-hydrogen) atoms. The third-order valence-electron chi connectivity index (χ3n) is 5.23. The standard InChI is InChI=1S/C20H31N3O3/c24-18-7-9-23(10-8-18)15-17-5-2-1-4-16(17)12-22-20(25)14-21-13-19-6-3-11-26-19/h1-2,4-5,18-19,21,24H,3,6-15H2,(H,22,25)/t19-/m0/s1. The van der Waals surface area contributed by atoms with Crippen LogP contribution in [-0.2, 0) is 22.6 Å². The molecule has 3 N–H and O–H groups in total. The molecule has 2 aliphatic rings. The van der Waals surface area contributed by atoms with Crippen molar-refractivity contribution in [2.75, 3.05) is 32.8 Å². The predicted octanol–water partition coefficient (Wildman–Crippen LogP) is 1.03. The molecule has 0 radical (unpaired) electrons. The van der Waals surface area contributed by atoms with Gasteiger partial charge in [-0.1, -0.05) is 24.3 Å². The summed E-state index contributed by atoms with van der Waals surface area (Å²) >= 11 is 0. The van der Waals surface area contributed by atoms with Crippen LogP contribution in [0.25, 0.3) is 0 Å². The number of hydrogen-bond donors (Lipinski definition) is 3. The highest BCUT2D eigenvalue weighted by atomic mass is 16.5. The van der Waals surface area contributed by atoms with Gasteiger partial charge in [0.25, 0.3) is 0 Å². The highest BCUT2D eigenvalue weighted by Gasteiger charge is 2.18. The molecule has 0 aromatic heterocycles. The lowest BCUT2D eigenvalue weighted by atomic mass is 10.0. The molecular formula is C20H31N3O3. The Balaban J connectivity index is 1.41. The molecule has 2 fully saturated rings. The first-order valence-electron chi connectivity index (χ1n) is 9.77. The highest BCUT2D eigenvalue weighted by Crippen LogP contribution is 2.16. The largest absolute Gasteiger partial charge is 0.393 e. The van der Waals surface area contributed by atoms with E-state index >= 15 is 0 Å². The lowest BCUT2D eigenvalue weighted by molar-refractivity contribution is -0.120. The van der Waals surface area contributed by atoms with Crippen LogP contribution in [0.4, 0.5) is 0 Å². The first kappa shape index (κ1) is 19.3. The van der Waals surface area contributed by atoms with Crippen LogP contribution in [0.15, 0.2) is 24.3 Å². The second-order valence-electron chi connectivity index (χ2n) is 7.32. The number of aliphatic hydroxyl groups excluding tert-OH is 1. The van der Waals surface area contributed by atoms with Gasteiger partial charge in [0, 0.05) is 39.3 Å². The molecule has 0 bridgehead atoms. The molecule has 0 aliphatic carbocycles. The molecule has 1 aromatic rings. The summed E-state index contributed by atoms with van der Waals surface area (Å²) in [5, 5.41) is 15.8. The Morgan fingerprint density at radius 3 is 2.69 bits per heavy atom. The fourth-order valence-corrected chi connectivity index (χ4v) is 3.61. The Bertz CT molecular complexity index is 567. The van der Waals surface area contributed by atoms with Gasteiger partial charge in [-0.2, -0.15) is 0 Å². The van der Waals surface area contributed by atoms with E-state index in [2.05, 4.69) is 27.7 Å². The van der Waals surface area contributed by atoms with Crippen molar-refractivity contribution in [3.05, 3.63) is 35.4 Å². The van der Waals surface area contributed by atoms with E-state index in [1.165, 1.54) is 5.56 Å². The second-order valence-corrected chi connectivity index (χ2v) is 7.32. The molecular weight excluding hydrogens is 330 g/mol. The Kier molecular flexibility index (Phi) is 7.43. The minimum Gasteiger partial charge on any atom is -0.393 e. The fourth-order valence-electron chi connectivity index (χ4n) is 3.61. The topological polar surface area (TPSA) is 73.8 Å². The van der Waals surface area contributed by atoms with Gasteiger partial charge in [-0.05, 0) is 36.8 Å². The Morgan fingerprint density at radius 2 is 1.96 bits per heavy atom. The molecule has 1 atom stereocenters. The molecule has 0 spiro atoms. The number of piperidine rings is 1. The van der Waals surface area contributed by atoms with E-state index in [0.29, 0.717) is 13.1 Å². The average molecular weight is 361 g/mol. The maximum Gasteiger partial charge on any atom is 0.234 e. The quantitative estimate of drug-likeness (QED) is 0.645. The smallest absolute Gasteiger partial charge is 0.234 e. The minimum absolute atomic E-state index is 0.0129. The number of nitrogens with one attached hydrogen (secondary N) is 2. The van der Waals surface area contributed by atoms with Crippen molar-refractivity contribution in [1.29, 1.82) is 0 Å². The van der Waals surface area contributed by atoms with E-state index in [1.54, 1.807) is 0 Å². The Morgan fingerprint density at radius 1 is 1.19 bits per heavy atom. The lowest BCUT2D eigenvalue weighted by Crippen LogP contribution is -2.37. The maximum atomic E-state index is 12.1. The van der Waals surface area contributed by atoms with Gasteiger partial charge in [-0.3, -0.25) is 9.69 Å². The maximum absolute atomic E-state index is 12.1. The summed E-state index contributed by atoms with van der Waals surface area (Å²) in [5.74, 6) is 0.0129. The summed E-state index contributed by atoms with van der Waals surface area (Å²) in [4.78, 5) is 14.4. The highest BCUT2D eigenvalue weighted by molar-refractivity contribution is 5.78. The number of likely N-dealkylation sites (tertiary alicyclic amines) is 1. The number of carbonyl (C=O) groups excluding carboxylic acids is 1. The van der Waals surface area contributed by atoms with Crippen LogP contribution in [0, 0.1) is 0 Å². The van der Waals surface area contributed by atoms with Gasteiger partial charge in [0.1, 0.15) is 0 Å². The summed E-state index contributed by atoms with van der Waals surface area (Å²) < 4.78 is 5.54. The average Bonchev–Trinajstić information content (AvgIpc) is 3.16. The van der Waals surface area contributed by atoms with Crippen LogP contribution in [0.1, 0.15) is 36.8 Å². The molecule has 0 unspecified atom stereocenters. The van der Waals surface area contributed by atoms with Crippen molar-refractivity contribution in [1.82, 2.24) is 15.5 Å². The fraction of sp³-hybridized carbons (Fsp3) is 0.650. The van der Waals surface area contributed by atoms with Gasteiger partial charge in [0.15, 0.2) is 0 Å². The van der Waals surface area contributed by atoms with E-state index in [1.807, 2.05) is 12.1 Å². The molecule has 6 heteroatoms. The molecule has 3 rings (SSSR count). The van der Waals surface area contributed by atoms with Crippen molar-refractivity contribution >= 4 is 5.91 Å². The third kappa shape index (κ3) is 6.06. The summed E-state index contributed by atoms with van der Waals surface area (Å²) in [5.41, 5.74) is 2.41. The van der Waals surface area contributed by atoms with E-state index < -0.39 is 0 Å². The number of benzene rings is 1. The van der Waals surface area contributed by atoms with Crippen LogP contribution in [-0.4, -0.2) is 60.9 Å². The van der Waals surface area contributed by atoms with Gasteiger partial charge in [-0.15, -0.1) is 0 Å². The number of hydrogen-bond acceptors (Lipinski definition) is 5. The van der Waals surface area contributed by atoms with Crippen LogP contribution < -0.4 is 10.6 Å². The summed E-state index contributed by atoms with van der Waals surface area (Å²) in [6.07, 6.45) is 3.99. The number of nitrogens with zero attached hydrogens (tertiary/aromatic N) is 1.